The van der Waals surface area contributed by atoms with E-state index in [1.165, 1.54) is 37.7 Å². The first-order chi connectivity index (χ1) is 13.7. The number of hydrogen-bond acceptors (Lipinski definition) is 2. The molecule has 4 rings (SSSR count). The van der Waals surface area contributed by atoms with E-state index in [1.54, 1.807) is 0 Å². The van der Waals surface area contributed by atoms with Gasteiger partial charge in [0.15, 0.2) is 0 Å². The van der Waals surface area contributed by atoms with Gasteiger partial charge < -0.3 is 10.2 Å². The monoisotopic (exact) mass is 400 g/mol. The molecule has 0 saturated heterocycles. The molecule has 0 bridgehead atoms. The zero-order valence-electron chi connectivity index (χ0n) is 19.4. The van der Waals surface area contributed by atoms with Crippen LogP contribution in [0.1, 0.15) is 86.0 Å². The van der Waals surface area contributed by atoms with Gasteiger partial charge in [0.1, 0.15) is 0 Å². The van der Waals surface area contributed by atoms with Crippen molar-refractivity contribution >= 4 is 0 Å². The smallest absolute Gasteiger partial charge is 0.0757 e. The highest BCUT2D eigenvalue weighted by molar-refractivity contribution is 5.28. The molecular formula is C27H44O2. The van der Waals surface area contributed by atoms with Gasteiger partial charge in [0.2, 0.25) is 0 Å². The van der Waals surface area contributed by atoms with Crippen molar-refractivity contribution in [3.8, 4) is 0 Å². The number of rotatable bonds is 4. The quantitative estimate of drug-likeness (QED) is 0.557. The van der Waals surface area contributed by atoms with E-state index in [9.17, 15) is 10.2 Å². The summed E-state index contributed by atoms with van der Waals surface area (Å²) in [5.41, 5.74) is 1.92. The van der Waals surface area contributed by atoms with Gasteiger partial charge >= 0.3 is 0 Å². The van der Waals surface area contributed by atoms with Crippen LogP contribution in [-0.2, 0) is 0 Å². The van der Waals surface area contributed by atoms with Gasteiger partial charge in [-0.25, -0.2) is 0 Å². The number of aliphatic hydroxyl groups excluding tert-OH is 2. The van der Waals surface area contributed by atoms with Gasteiger partial charge in [0.05, 0.1) is 12.2 Å². The fourth-order valence-electron chi connectivity index (χ4n) is 8.23. The van der Waals surface area contributed by atoms with Gasteiger partial charge in [0.25, 0.3) is 0 Å². The van der Waals surface area contributed by atoms with E-state index in [0.717, 1.165) is 31.1 Å². The van der Waals surface area contributed by atoms with Crippen LogP contribution in [0, 0.1) is 46.3 Å². The summed E-state index contributed by atoms with van der Waals surface area (Å²) in [5, 5.41) is 21.5. The minimum atomic E-state index is -0.316. The van der Waals surface area contributed by atoms with Crippen molar-refractivity contribution < 1.29 is 10.2 Å². The minimum absolute atomic E-state index is 0.200. The zero-order valence-corrected chi connectivity index (χ0v) is 19.4. The Bertz CT molecular complexity index is 663. The second-order valence-electron chi connectivity index (χ2n) is 11.9. The number of hydrogen-bond donors (Lipinski definition) is 2. The van der Waals surface area contributed by atoms with Crippen molar-refractivity contribution in [3.05, 3.63) is 23.8 Å². The Morgan fingerprint density at radius 1 is 1.03 bits per heavy atom. The lowest BCUT2D eigenvalue weighted by molar-refractivity contribution is -0.0950. The van der Waals surface area contributed by atoms with Crippen LogP contribution in [0.25, 0.3) is 0 Å². The maximum atomic E-state index is 11.3. The molecule has 9 atom stereocenters. The van der Waals surface area contributed by atoms with Crippen molar-refractivity contribution in [1.82, 2.24) is 0 Å². The molecule has 0 aromatic carbocycles. The molecule has 0 amide bonds. The minimum Gasteiger partial charge on any atom is -0.393 e. The van der Waals surface area contributed by atoms with E-state index in [2.05, 4.69) is 52.8 Å². The normalized spacial score (nSPS) is 48.2. The van der Waals surface area contributed by atoms with Gasteiger partial charge in [-0.15, -0.1) is 0 Å². The first-order valence-corrected chi connectivity index (χ1v) is 12.4. The SMILES string of the molecule is CC(C)CC=CC(C)C1CCC2C3C(O)C=C4CC(O)CCC4(C)C3CCC12C. The molecule has 2 heteroatoms. The second-order valence-corrected chi connectivity index (χ2v) is 11.9. The lowest BCUT2D eigenvalue weighted by Crippen LogP contribution is -2.54. The predicted molar refractivity (Wildman–Crippen MR) is 120 cm³/mol. The van der Waals surface area contributed by atoms with Crippen LogP contribution in [0.4, 0.5) is 0 Å². The fraction of sp³-hybridized carbons (Fsp3) is 0.852. The molecule has 0 heterocycles. The van der Waals surface area contributed by atoms with Crippen molar-refractivity contribution in [2.45, 2.75) is 98.2 Å². The molecule has 3 saturated carbocycles. The van der Waals surface area contributed by atoms with Crippen LogP contribution in [-0.4, -0.2) is 22.4 Å². The maximum absolute atomic E-state index is 11.3. The molecule has 164 valence electrons. The number of allylic oxidation sites excluding steroid dienone is 2. The van der Waals surface area contributed by atoms with Crippen LogP contribution in [0.2, 0.25) is 0 Å². The van der Waals surface area contributed by atoms with Crippen LogP contribution < -0.4 is 0 Å². The molecule has 0 aromatic rings. The maximum Gasteiger partial charge on any atom is 0.0757 e. The van der Waals surface area contributed by atoms with Crippen LogP contribution in [0.5, 0.6) is 0 Å². The zero-order chi connectivity index (χ0) is 21.0. The Labute approximate surface area is 178 Å². The first-order valence-electron chi connectivity index (χ1n) is 12.4. The summed E-state index contributed by atoms with van der Waals surface area (Å²) in [7, 11) is 0. The van der Waals surface area contributed by atoms with Gasteiger partial charge in [-0.05, 0) is 97.7 Å². The Morgan fingerprint density at radius 2 is 1.79 bits per heavy atom. The molecule has 2 N–H and O–H groups in total. The highest BCUT2D eigenvalue weighted by Crippen LogP contribution is 2.67. The lowest BCUT2D eigenvalue weighted by atomic mass is 9.46. The molecule has 2 nitrogen and oxygen atoms in total. The lowest BCUT2D eigenvalue weighted by Gasteiger charge is -2.59. The molecule has 3 fully saturated rings. The molecule has 0 radical (unpaired) electrons. The molecule has 4 aliphatic rings. The summed E-state index contributed by atoms with van der Waals surface area (Å²) in [6, 6.07) is 0. The summed E-state index contributed by atoms with van der Waals surface area (Å²) in [6.07, 6.45) is 15.7. The van der Waals surface area contributed by atoms with Gasteiger partial charge in [-0.3, -0.25) is 0 Å². The average Bonchev–Trinajstić information content (AvgIpc) is 3.00. The molecular weight excluding hydrogens is 356 g/mol. The average molecular weight is 401 g/mol. The highest BCUT2D eigenvalue weighted by Gasteiger charge is 2.60. The molecule has 9 unspecified atom stereocenters. The molecule has 0 aliphatic heterocycles. The second kappa shape index (κ2) is 7.83. The predicted octanol–water partition coefficient (Wildman–Crippen LogP) is 6.14. The largest absolute Gasteiger partial charge is 0.393 e. The van der Waals surface area contributed by atoms with Crippen molar-refractivity contribution in [3.63, 3.8) is 0 Å². The molecule has 4 aliphatic carbocycles. The van der Waals surface area contributed by atoms with E-state index >= 15 is 0 Å². The fourth-order valence-corrected chi connectivity index (χ4v) is 8.23. The molecule has 29 heavy (non-hydrogen) atoms. The van der Waals surface area contributed by atoms with Crippen LogP contribution in [0.3, 0.4) is 0 Å². The van der Waals surface area contributed by atoms with Crippen LogP contribution in [0.15, 0.2) is 23.8 Å². The third-order valence-electron chi connectivity index (χ3n) is 9.86. The summed E-state index contributed by atoms with van der Waals surface area (Å²) in [5.74, 6) is 3.75. The highest BCUT2D eigenvalue weighted by atomic mass is 16.3. The molecule has 0 spiro atoms. The summed E-state index contributed by atoms with van der Waals surface area (Å²) >= 11 is 0. The van der Waals surface area contributed by atoms with Crippen molar-refractivity contribution in [2.24, 2.45) is 46.3 Å². The Morgan fingerprint density at radius 3 is 2.52 bits per heavy atom. The number of aliphatic hydroxyl groups is 2. The van der Waals surface area contributed by atoms with Crippen molar-refractivity contribution in [1.29, 1.82) is 0 Å². The summed E-state index contributed by atoms with van der Waals surface area (Å²) in [6.45, 7) is 12.0. The topological polar surface area (TPSA) is 40.5 Å². The Hall–Kier alpha value is -0.600. The van der Waals surface area contributed by atoms with Crippen LogP contribution >= 0.6 is 0 Å². The van der Waals surface area contributed by atoms with E-state index in [1.807, 2.05) is 0 Å². The van der Waals surface area contributed by atoms with E-state index in [-0.39, 0.29) is 17.6 Å². The third kappa shape index (κ3) is 3.57. The Balaban J connectivity index is 1.57. The van der Waals surface area contributed by atoms with E-state index < -0.39 is 0 Å². The molecule has 0 aromatic heterocycles. The Kier molecular flexibility index (Phi) is 5.84. The van der Waals surface area contributed by atoms with Gasteiger partial charge in [-0.2, -0.15) is 0 Å². The standard InChI is InChI=1S/C27H44O2/c1-17(2)7-6-8-18(3)21-9-10-22-25-23(12-14-27(21,22)5)26(4)13-11-20(28)15-19(26)16-24(25)29/h6,8,16-18,20-25,28-29H,7,9-15H2,1-5H3. The summed E-state index contributed by atoms with van der Waals surface area (Å²) in [4.78, 5) is 0. The number of fused-ring (bicyclic) bond motifs is 5. The van der Waals surface area contributed by atoms with E-state index in [4.69, 9.17) is 0 Å². The summed E-state index contributed by atoms with van der Waals surface area (Å²) < 4.78 is 0. The van der Waals surface area contributed by atoms with Gasteiger partial charge in [-0.1, -0.05) is 58.4 Å². The van der Waals surface area contributed by atoms with Crippen molar-refractivity contribution in [2.75, 3.05) is 0 Å². The van der Waals surface area contributed by atoms with E-state index in [0.29, 0.717) is 29.1 Å². The van der Waals surface area contributed by atoms with Gasteiger partial charge in [0, 0.05) is 0 Å². The third-order valence-corrected chi connectivity index (χ3v) is 9.86. The first kappa shape index (κ1) is 21.6.